The predicted molar refractivity (Wildman–Crippen MR) is 64.3 cm³/mol. The Morgan fingerprint density at radius 1 is 1.24 bits per heavy atom. The summed E-state index contributed by atoms with van der Waals surface area (Å²) >= 11 is 0. The normalized spacial score (nSPS) is 10.8. The molecule has 0 unspecified atom stereocenters. The maximum atomic E-state index is 12.8. The number of halogens is 1. The first-order chi connectivity index (χ1) is 8.06. The Morgan fingerprint density at radius 2 is 1.88 bits per heavy atom. The minimum absolute atomic E-state index is 0.177. The summed E-state index contributed by atoms with van der Waals surface area (Å²) in [6.45, 7) is 3.94. The van der Waals surface area contributed by atoms with Gasteiger partial charge in [-0.3, -0.25) is 4.79 Å². The monoisotopic (exact) mass is 232 g/mol. The Kier molecular flexibility index (Phi) is 3.04. The molecule has 0 aliphatic rings. The van der Waals surface area contributed by atoms with Crippen molar-refractivity contribution in [3.8, 4) is 11.4 Å². The molecule has 88 valence electrons. The first-order valence-corrected chi connectivity index (χ1v) is 5.43. The van der Waals surface area contributed by atoms with Gasteiger partial charge in [0.25, 0.3) is 5.56 Å². The van der Waals surface area contributed by atoms with Gasteiger partial charge in [-0.1, -0.05) is 13.8 Å². The molecular formula is C13H13FN2O. The van der Waals surface area contributed by atoms with E-state index in [1.54, 1.807) is 12.1 Å². The average molecular weight is 232 g/mol. The third kappa shape index (κ3) is 2.58. The lowest BCUT2D eigenvalue weighted by Gasteiger charge is -2.06. The van der Waals surface area contributed by atoms with Gasteiger partial charge in [-0.25, -0.2) is 9.37 Å². The fourth-order valence-corrected chi connectivity index (χ4v) is 1.52. The van der Waals surface area contributed by atoms with E-state index in [-0.39, 0.29) is 17.3 Å². The van der Waals surface area contributed by atoms with Crippen molar-refractivity contribution in [1.29, 1.82) is 0 Å². The number of hydrogen-bond donors (Lipinski definition) is 1. The lowest BCUT2D eigenvalue weighted by molar-refractivity contribution is 0.628. The number of benzene rings is 1. The van der Waals surface area contributed by atoms with Crippen molar-refractivity contribution in [1.82, 2.24) is 9.97 Å². The summed E-state index contributed by atoms with van der Waals surface area (Å²) in [7, 11) is 0. The van der Waals surface area contributed by atoms with Gasteiger partial charge in [-0.2, -0.15) is 0 Å². The number of rotatable bonds is 2. The molecule has 0 fully saturated rings. The van der Waals surface area contributed by atoms with E-state index in [0.29, 0.717) is 11.4 Å². The summed E-state index contributed by atoms with van der Waals surface area (Å²) in [5.41, 5.74) is 1.24. The number of nitrogens with one attached hydrogen (secondary N) is 1. The van der Waals surface area contributed by atoms with E-state index in [4.69, 9.17) is 0 Å². The lowest BCUT2D eigenvalue weighted by atomic mass is 10.1. The Balaban J connectivity index is 2.52. The highest BCUT2D eigenvalue weighted by molar-refractivity contribution is 5.54. The molecule has 0 saturated carbocycles. The molecule has 0 saturated heterocycles. The Hall–Kier alpha value is -1.97. The van der Waals surface area contributed by atoms with Crippen LogP contribution in [0.2, 0.25) is 0 Å². The average Bonchev–Trinajstić information content (AvgIpc) is 2.29. The van der Waals surface area contributed by atoms with E-state index in [0.717, 1.165) is 5.69 Å². The number of nitrogens with zero attached hydrogens (tertiary/aromatic N) is 1. The van der Waals surface area contributed by atoms with Crippen LogP contribution in [0.4, 0.5) is 4.39 Å². The molecule has 3 nitrogen and oxygen atoms in total. The topological polar surface area (TPSA) is 45.8 Å². The summed E-state index contributed by atoms with van der Waals surface area (Å²) in [5, 5.41) is 0. The van der Waals surface area contributed by atoms with E-state index >= 15 is 0 Å². The maximum Gasteiger partial charge on any atom is 0.251 e. The molecule has 2 rings (SSSR count). The molecule has 0 aliphatic heterocycles. The number of aromatic amines is 1. The first kappa shape index (κ1) is 11.5. The summed E-state index contributed by atoms with van der Waals surface area (Å²) in [4.78, 5) is 18.5. The van der Waals surface area contributed by atoms with Crippen LogP contribution in [0.1, 0.15) is 25.5 Å². The van der Waals surface area contributed by atoms with Gasteiger partial charge >= 0.3 is 0 Å². The van der Waals surface area contributed by atoms with Crippen LogP contribution >= 0.6 is 0 Å². The molecule has 1 N–H and O–H groups in total. The molecule has 2 aromatic rings. The second kappa shape index (κ2) is 4.49. The van der Waals surface area contributed by atoms with Crippen LogP contribution in [0, 0.1) is 5.82 Å². The molecule has 0 aliphatic carbocycles. The maximum absolute atomic E-state index is 12.8. The van der Waals surface area contributed by atoms with Crippen LogP contribution in [0.3, 0.4) is 0 Å². The molecule has 17 heavy (non-hydrogen) atoms. The molecule has 0 spiro atoms. The number of H-pyrrole nitrogens is 1. The summed E-state index contributed by atoms with van der Waals surface area (Å²) < 4.78 is 12.8. The lowest BCUT2D eigenvalue weighted by Crippen LogP contribution is -2.11. The molecule has 0 atom stereocenters. The first-order valence-electron chi connectivity index (χ1n) is 5.43. The van der Waals surface area contributed by atoms with E-state index in [1.165, 1.54) is 18.2 Å². The molecule has 4 heteroatoms. The fraction of sp³-hybridized carbons (Fsp3) is 0.231. The van der Waals surface area contributed by atoms with Crippen LogP contribution in [0.5, 0.6) is 0 Å². The Bertz CT molecular complexity index is 573. The van der Waals surface area contributed by atoms with Crippen molar-refractivity contribution < 1.29 is 4.39 Å². The molecule has 1 heterocycles. The SMILES string of the molecule is CC(C)c1cc(=O)[nH]c(-c2ccc(F)cc2)n1. The molecule has 0 radical (unpaired) electrons. The zero-order chi connectivity index (χ0) is 12.4. The third-order valence-corrected chi connectivity index (χ3v) is 2.47. The van der Waals surface area contributed by atoms with Crippen molar-refractivity contribution in [3.05, 3.63) is 52.2 Å². The molecule has 1 aromatic carbocycles. The van der Waals surface area contributed by atoms with E-state index in [2.05, 4.69) is 9.97 Å². The summed E-state index contributed by atoms with van der Waals surface area (Å²) in [6, 6.07) is 7.36. The Labute approximate surface area is 98.3 Å². The van der Waals surface area contributed by atoms with E-state index in [1.807, 2.05) is 13.8 Å². The van der Waals surface area contributed by atoms with Crippen molar-refractivity contribution in [2.45, 2.75) is 19.8 Å². The van der Waals surface area contributed by atoms with Crippen molar-refractivity contribution in [2.24, 2.45) is 0 Å². The van der Waals surface area contributed by atoms with E-state index in [9.17, 15) is 9.18 Å². The highest BCUT2D eigenvalue weighted by atomic mass is 19.1. The van der Waals surface area contributed by atoms with E-state index < -0.39 is 0 Å². The van der Waals surface area contributed by atoms with Crippen molar-refractivity contribution in [3.63, 3.8) is 0 Å². The van der Waals surface area contributed by atoms with Crippen LogP contribution in [-0.4, -0.2) is 9.97 Å². The highest BCUT2D eigenvalue weighted by Gasteiger charge is 2.06. The summed E-state index contributed by atoms with van der Waals surface area (Å²) in [5.74, 6) is 0.341. The predicted octanol–water partition coefficient (Wildman–Crippen LogP) is 2.70. The Morgan fingerprint density at radius 3 is 2.47 bits per heavy atom. The van der Waals surface area contributed by atoms with Crippen LogP contribution in [0.25, 0.3) is 11.4 Å². The van der Waals surface area contributed by atoms with Gasteiger partial charge in [0.15, 0.2) is 0 Å². The fourth-order valence-electron chi connectivity index (χ4n) is 1.52. The van der Waals surface area contributed by atoms with Gasteiger partial charge in [-0.15, -0.1) is 0 Å². The smallest absolute Gasteiger partial charge is 0.251 e. The molecule has 0 amide bonds. The number of aromatic nitrogens is 2. The van der Waals surface area contributed by atoms with Gasteiger partial charge in [0.1, 0.15) is 11.6 Å². The highest BCUT2D eigenvalue weighted by Crippen LogP contribution is 2.16. The quantitative estimate of drug-likeness (QED) is 0.865. The second-order valence-electron chi connectivity index (χ2n) is 4.18. The van der Waals surface area contributed by atoms with Gasteiger partial charge in [-0.05, 0) is 30.2 Å². The van der Waals surface area contributed by atoms with Gasteiger partial charge < -0.3 is 4.98 Å². The van der Waals surface area contributed by atoms with Crippen LogP contribution < -0.4 is 5.56 Å². The second-order valence-corrected chi connectivity index (χ2v) is 4.18. The zero-order valence-corrected chi connectivity index (χ0v) is 9.70. The van der Waals surface area contributed by atoms with Crippen molar-refractivity contribution in [2.75, 3.05) is 0 Å². The standard InChI is InChI=1S/C13H13FN2O/c1-8(2)11-7-12(17)16-13(15-11)9-3-5-10(14)6-4-9/h3-8H,1-2H3,(H,15,16,17). The van der Waals surface area contributed by atoms with Crippen molar-refractivity contribution >= 4 is 0 Å². The molecule has 1 aromatic heterocycles. The van der Waals surface area contributed by atoms with Gasteiger partial charge in [0, 0.05) is 11.6 Å². The molecule has 0 bridgehead atoms. The number of hydrogen-bond acceptors (Lipinski definition) is 2. The van der Waals surface area contributed by atoms with Gasteiger partial charge in [0.05, 0.1) is 5.69 Å². The third-order valence-electron chi connectivity index (χ3n) is 2.47. The zero-order valence-electron chi connectivity index (χ0n) is 9.70. The minimum Gasteiger partial charge on any atom is -0.307 e. The van der Waals surface area contributed by atoms with Crippen LogP contribution in [0.15, 0.2) is 35.1 Å². The largest absolute Gasteiger partial charge is 0.307 e. The summed E-state index contributed by atoms with van der Waals surface area (Å²) in [6.07, 6.45) is 0. The van der Waals surface area contributed by atoms with Crippen LogP contribution in [-0.2, 0) is 0 Å². The molecular weight excluding hydrogens is 219 g/mol. The minimum atomic E-state index is -0.309. The van der Waals surface area contributed by atoms with Gasteiger partial charge in [0.2, 0.25) is 0 Å².